The van der Waals surface area contributed by atoms with Gasteiger partial charge in [-0.2, -0.15) is 0 Å². The minimum absolute atomic E-state index is 0.0150. The van der Waals surface area contributed by atoms with E-state index in [4.69, 9.17) is 4.74 Å². The molecule has 1 aliphatic heterocycles. The molecule has 2 fully saturated rings. The first-order chi connectivity index (χ1) is 18.2. The van der Waals surface area contributed by atoms with Crippen LogP contribution < -0.4 is 4.90 Å². The number of hydrogen-bond acceptors (Lipinski definition) is 2. The van der Waals surface area contributed by atoms with E-state index in [2.05, 4.69) is 116 Å². The molecular formula is C33H39BrNO2S+. The Kier molecular flexibility index (Phi) is 8.09. The Labute approximate surface area is 239 Å². The summed E-state index contributed by atoms with van der Waals surface area (Å²) in [5.74, 6) is 0.305. The van der Waals surface area contributed by atoms with Crippen molar-refractivity contribution in [3.05, 3.63) is 94.5 Å². The molecule has 200 valence electrons. The van der Waals surface area contributed by atoms with Crippen molar-refractivity contribution in [1.82, 2.24) is 0 Å². The molecule has 5 rings (SSSR count). The van der Waals surface area contributed by atoms with Crippen LogP contribution in [0.2, 0.25) is 0 Å². The number of amides is 1. The molecule has 0 radical (unpaired) electrons. The van der Waals surface area contributed by atoms with Gasteiger partial charge in [0.15, 0.2) is 4.90 Å². The number of benzene rings is 3. The van der Waals surface area contributed by atoms with Gasteiger partial charge in [-0.15, -0.1) is 0 Å². The lowest BCUT2D eigenvalue weighted by atomic mass is 9.72. The van der Waals surface area contributed by atoms with Crippen molar-refractivity contribution >= 4 is 38.4 Å². The lowest BCUT2D eigenvalue weighted by Crippen LogP contribution is -2.41. The smallest absolute Gasteiger partial charge is 0.250 e. The Morgan fingerprint density at radius 1 is 0.947 bits per heavy atom. The molecule has 0 N–H and O–H groups in total. The first kappa shape index (κ1) is 27.5. The number of aryl methyl sites for hydroxylation is 1. The molecule has 3 nitrogen and oxygen atoms in total. The van der Waals surface area contributed by atoms with Gasteiger partial charge in [0.25, 0.3) is 5.44 Å². The van der Waals surface area contributed by atoms with E-state index in [0.717, 1.165) is 54.4 Å². The average Bonchev–Trinajstić information content (AvgIpc) is 3.20. The Hall–Kier alpha value is -2.08. The molecule has 2 atom stereocenters. The fourth-order valence-corrected chi connectivity index (χ4v) is 9.36. The normalized spacial score (nSPS) is 23.6. The predicted octanol–water partition coefficient (Wildman–Crippen LogP) is 8.61. The van der Waals surface area contributed by atoms with Crippen molar-refractivity contribution in [3.63, 3.8) is 0 Å². The summed E-state index contributed by atoms with van der Waals surface area (Å²) in [6.07, 6.45) is 4.75. The van der Waals surface area contributed by atoms with Crippen LogP contribution in [0.5, 0.6) is 0 Å². The Morgan fingerprint density at radius 2 is 1.58 bits per heavy atom. The van der Waals surface area contributed by atoms with Gasteiger partial charge in [-0.25, -0.2) is 0 Å². The van der Waals surface area contributed by atoms with Crippen LogP contribution in [0.25, 0.3) is 0 Å². The molecule has 1 saturated heterocycles. The minimum atomic E-state index is -0.243. The first-order valence-corrected chi connectivity index (χ1v) is 15.8. The largest absolute Gasteiger partial charge is 0.326 e. The standard InChI is InChI=1S/C33H39BrNO2S/c1-24-23-26(34)15-16-29(24)35-22-21-33(31(35)36)19-17-27(18-20-33)37-30(25-11-7-5-8-12-25)38(32(2,3)4)28-13-9-6-10-14-28/h5-16,23,27,30H,17-22H2,1-4H3/q+1/t27?,30-,33?,38?/m0/s1. The van der Waals surface area contributed by atoms with Crippen LogP contribution >= 0.6 is 15.9 Å². The van der Waals surface area contributed by atoms with E-state index >= 15 is 0 Å². The van der Waals surface area contributed by atoms with Crippen molar-refractivity contribution in [2.24, 2.45) is 5.41 Å². The summed E-state index contributed by atoms with van der Waals surface area (Å²) in [4.78, 5) is 17.1. The molecule has 1 amide bonds. The maximum absolute atomic E-state index is 13.8. The number of carbonyl (C=O) groups is 1. The summed E-state index contributed by atoms with van der Waals surface area (Å²) < 4.78 is 8.18. The molecule has 1 unspecified atom stereocenters. The molecule has 1 saturated carbocycles. The van der Waals surface area contributed by atoms with Crippen LogP contribution in [-0.4, -0.2) is 23.3 Å². The lowest BCUT2D eigenvalue weighted by Gasteiger charge is -2.37. The van der Waals surface area contributed by atoms with E-state index < -0.39 is 0 Å². The van der Waals surface area contributed by atoms with Crippen molar-refractivity contribution in [1.29, 1.82) is 0 Å². The van der Waals surface area contributed by atoms with Crippen molar-refractivity contribution in [2.75, 3.05) is 11.4 Å². The summed E-state index contributed by atoms with van der Waals surface area (Å²) in [6.45, 7) is 9.88. The van der Waals surface area contributed by atoms with Gasteiger partial charge in [-0.1, -0.05) is 64.5 Å². The molecule has 3 aromatic rings. The van der Waals surface area contributed by atoms with E-state index in [-0.39, 0.29) is 32.6 Å². The molecule has 3 aromatic carbocycles. The van der Waals surface area contributed by atoms with Crippen LogP contribution in [0.15, 0.2) is 88.2 Å². The molecule has 5 heteroatoms. The summed E-state index contributed by atoms with van der Waals surface area (Å²) in [7, 11) is -0.150. The third kappa shape index (κ3) is 5.61. The quantitative estimate of drug-likeness (QED) is 0.268. The van der Waals surface area contributed by atoms with Crippen LogP contribution in [0, 0.1) is 12.3 Å². The second-order valence-electron chi connectivity index (χ2n) is 11.8. The highest BCUT2D eigenvalue weighted by Gasteiger charge is 2.51. The van der Waals surface area contributed by atoms with Crippen molar-refractivity contribution in [2.45, 2.75) is 81.0 Å². The zero-order valence-corrected chi connectivity index (χ0v) is 25.4. The van der Waals surface area contributed by atoms with E-state index in [1.54, 1.807) is 0 Å². The molecule has 0 aromatic heterocycles. The summed E-state index contributed by atoms with van der Waals surface area (Å²) in [6, 6.07) is 27.8. The maximum Gasteiger partial charge on any atom is 0.250 e. The number of nitrogens with zero attached hydrogens (tertiary/aromatic N) is 1. The zero-order valence-electron chi connectivity index (χ0n) is 23.0. The Balaban J connectivity index is 1.35. The average molecular weight is 594 g/mol. The number of carbonyl (C=O) groups excluding carboxylic acids is 1. The van der Waals surface area contributed by atoms with Crippen LogP contribution in [0.3, 0.4) is 0 Å². The molecule has 0 bridgehead atoms. The number of rotatable bonds is 6. The van der Waals surface area contributed by atoms with Gasteiger partial charge in [0.05, 0.1) is 22.4 Å². The fraction of sp³-hybridized carbons (Fsp3) is 0.424. The Morgan fingerprint density at radius 3 is 2.18 bits per heavy atom. The Bertz CT molecular complexity index is 1250. The van der Waals surface area contributed by atoms with Gasteiger partial charge < -0.3 is 9.64 Å². The summed E-state index contributed by atoms with van der Waals surface area (Å²) in [5, 5.41) is 0. The topological polar surface area (TPSA) is 29.5 Å². The molecule has 1 heterocycles. The van der Waals surface area contributed by atoms with Gasteiger partial charge in [0.1, 0.15) is 4.75 Å². The third-order valence-corrected chi connectivity index (χ3v) is 11.5. The third-order valence-electron chi connectivity index (χ3n) is 8.11. The minimum Gasteiger partial charge on any atom is -0.326 e. The maximum atomic E-state index is 13.8. The molecule has 1 spiro atoms. The highest BCUT2D eigenvalue weighted by atomic mass is 79.9. The van der Waals surface area contributed by atoms with Gasteiger partial charge in [0, 0.05) is 22.3 Å². The molecule has 2 aliphatic rings. The first-order valence-electron chi connectivity index (χ1n) is 13.7. The number of ether oxygens (including phenoxy) is 1. The summed E-state index contributed by atoms with van der Waals surface area (Å²) in [5.41, 5.74) is 3.17. The number of halogens is 1. The molecular weight excluding hydrogens is 554 g/mol. The van der Waals surface area contributed by atoms with Crippen LogP contribution in [0.1, 0.15) is 69.4 Å². The predicted molar refractivity (Wildman–Crippen MR) is 163 cm³/mol. The number of hydrogen-bond donors (Lipinski definition) is 0. The second kappa shape index (κ2) is 11.2. The van der Waals surface area contributed by atoms with E-state index in [1.807, 2.05) is 11.0 Å². The van der Waals surface area contributed by atoms with E-state index in [9.17, 15) is 4.79 Å². The van der Waals surface area contributed by atoms with Gasteiger partial charge >= 0.3 is 0 Å². The second-order valence-corrected chi connectivity index (χ2v) is 15.5. The highest BCUT2D eigenvalue weighted by Crippen LogP contribution is 2.49. The molecule has 38 heavy (non-hydrogen) atoms. The fourth-order valence-electron chi connectivity index (χ4n) is 6.14. The van der Waals surface area contributed by atoms with Crippen molar-refractivity contribution < 1.29 is 9.53 Å². The van der Waals surface area contributed by atoms with Crippen molar-refractivity contribution in [3.8, 4) is 0 Å². The lowest BCUT2D eigenvalue weighted by molar-refractivity contribution is -0.129. The summed E-state index contributed by atoms with van der Waals surface area (Å²) >= 11 is 3.55. The zero-order chi connectivity index (χ0) is 26.9. The van der Waals surface area contributed by atoms with Gasteiger partial charge in [0.2, 0.25) is 5.91 Å². The van der Waals surface area contributed by atoms with E-state index in [0.29, 0.717) is 5.91 Å². The van der Waals surface area contributed by atoms with Gasteiger partial charge in [-0.05, 0) is 95.7 Å². The molecule has 1 aliphatic carbocycles. The van der Waals surface area contributed by atoms with Crippen LogP contribution in [-0.2, 0) is 20.4 Å². The van der Waals surface area contributed by atoms with Gasteiger partial charge in [-0.3, -0.25) is 4.79 Å². The highest BCUT2D eigenvalue weighted by molar-refractivity contribution is 9.10. The monoisotopic (exact) mass is 592 g/mol. The number of anilines is 1. The van der Waals surface area contributed by atoms with Crippen LogP contribution in [0.4, 0.5) is 5.69 Å². The van der Waals surface area contributed by atoms with E-state index in [1.165, 1.54) is 10.5 Å². The SMILES string of the molecule is Cc1cc(Br)ccc1N1CCC2(CCC(O[C@H](c3ccccc3)[S+](c3ccccc3)C(C)(C)C)CC2)C1=O.